The standard InChI is InChI=1S/C18H19N3O4/c22-18(20-8-10-25-11-9-20)15-5-3-4-14(12-15)13-19-16-6-1-2-7-17(16)21(23)24/h1-7,12,19H,8-11,13H2. The molecule has 25 heavy (non-hydrogen) atoms. The highest BCUT2D eigenvalue weighted by molar-refractivity contribution is 5.94. The third-order valence-electron chi connectivity index (χ3n) is 4.06. The summed E-state index contributed by atoms with van der Waals surface area (Å²) in [6.07, 6.45) is 0. The minimum absolute atomic E-state index is 0.0177. The van der Waals surface area contributed by atoms with Crippen molar-refractivity contribution < 1.29 is 14.5 Å². The number of hydrogen-bond donors (Lipinski definition) is 1. The molecule has 1 fully saturated rings. The zero-order valence-corrected chi connectivity index (χ0v) is 13.7. The van der Waals surface area contributed by atoms with E-state index in [1.807, 2.05) is 18.2 Å². The molecule has 1 heterocycles. The van der Waals surface area contributed by atoms with E-state index in [9.17, 15) is 14.9 Å². The molecule has 130 valence electrons. The maximum Gasteiger partial charge on any atom is 0.292 e. The molecule has 1 aliphatic heterocycles. The lowest BCUT2D eigenvalue weighted by Crippen LogP contribution is -2.40. The highest BCUT2D eigenvalue weighted by Crippen LogP contribution is 2.24. The van der Waals surface area contributed by atoms with E-state index in [4.69, 9.17) is 4.74 Å². The van der Waals surface area contributed by atoms with Gasteiger partial charge in [0.1, 0.15) is 5.69 Å². The van der Waals surface area contributed by atoms with Crippen molar-refractivity contribution >= 4 is 17.3 Å². The van der Waals surface area contributed by atoms with E-state index in [0.717, 1.165) is 5.56 Å². The largest absolute Gasteiger partial charge is 0.378 e. The summed E-state index contributed by atoms with van der Waals surface area (Å²) in [6, 6.07) is 13.8. The molecule has 3 rings (SSSR count). The first kappa shape index (κ1) is 16.9. The maximum atomic E-state index is 12.5. The maximum absolute atomic E-state index is 12.5. The van der Waals surface area contributed by atoms with Crippen LogP contribution in [0.2, 0.25) is 0 Å². The summed E-state index contributed by atoms with van der Waals surface area (Å²) in [5, 5.41) is 14.1. The molecular weight excluding hydrogens is 322 g/mol. The number of hydrogen-bond acceptors (Lipinski definition) is 5. The summed E-state index contributed by atoms with van der Waals surface area (Å²) in [4.78, 5) is 24.9. The quantitative estimate of drug-likeness (QED) is 0.667. The predicted octanol–water partition coefficient (Wildman–Crippen LogP) is 2.68. The SMILES string of the molecule is O=C(c1cccc(CNc2ccccc2[N+](=O)[O-])c1)N1CCOCC1. The molecule has 0 aliphatic carbocycles. The minimum atomic E-state index is -0.416. The fraction of sp³-hybridized carbons (Fsp3) is 0.278. The molecule has 7 nitrogen and oxygen atoms in total. The van der Waals surface area contributed by atoms with Gasteiger partial charge in [-0.1, -0.05) is 24.3 Å². The van der Waals surface area contributed by atoms with Crippen LogP contribution < -0.4 is 5.32 Å². The second-order valence-electron chi connectivity index (χ2n) is 5.73. The first-order valence-corrected chi connectivity index (χ1v) is 8.08. The summed E-state index contributed by atoms with van der Waals surface area (Å²) in [6.45, 7) is 2.71. The van der Waals surface area contributed by atoms with Crippen LogP contribution in [0.5, 0.6) is 0 Å². The van der Waals surface area contributed by atoms with E-state index in [-0.39, 0.29) is 11.6 Å². The Bertz CT molecular complexity index is 772. The van der Waals surface area contributed by atoms with E-state index in [2.05, 4.69) is 5.32 Å². The molecule has 7 heteroatoms. The summed E-state index contributed by atoms with van der Waals surface area (Å²) < 4.78 is 5.27. The molecule has 0 radical (unpaired) electrons. The number of carbonyl (C=O) groups is 1. The number of ether oxygens (including phenoxy) is 1. The molecule has 1 saturated heterocycles. The van der Waals surface area contributed by atoms with Gasteiger partial charge in [-0.15, -0.1) is 0 Å². The molecule has 1 aliphatic rings. The van der Waals surface area contributed by atoms with Crippen LogP contribution in [0.1, 0.15) is 15.9 Å². The number of nitrogens with zero attached hydrogens (tertiary/aromatic N) is 2. The topological polar surface area (TPSA) is 84.7 Å². The highest BCUT2D eigenvalue weighted by atomic mass is 16.6. The molecule has 1 amide bonds. The molecule has 0 spiro atoms. The fourth-order valence-corrected chi connectivity index (χ4v) is 2.74. The van der Waals surface area contributed by atoms with Crippen LogP contribution in [0.4, 0.5) is 11.4 Å². The van der Waals surface area contributed by atoms with Crippen molar-refractivity contribution in [2.45, 2.75) is 6.54 Å². The Morgan fingerprint density at radius 3 is 2.68 bits per heavy atom. The van der Waals surface area contributed by atoms with Gasteiger partial charge in [-0.2, -0.15) is 0 Å². The lowest BCUT2D eigenvalue weighted by atomic mass is 10.1. The zero-order valence-electron chi connectivity index (χ0n) is 13.7. The van der Waals surface area contributed by atoms with Crippen molar-refractivity contribution in [3.05, 3.63) is 69.8 Å². The van der Waals surface area contributed by atoms with Crippen molar-refractivity contribution in [2.75, 3.05) is 31.6 Å². The number of amides is 1. The minimum Gasteiger partial charge on any atom is -0.378 e. The summed E-state index contributed by atoms with van der Waals surface area (Å²) in [7, 11) is 0. The zero-order chi connectivity index (χ0) is 17.6. The van der Waals surface area contributed by atoms with Gasteiger partial charge in [0, 0.05) is 31.3 Å². The molecule has 0 atom stereocenters. The first-order chi connectivity index (χ1) is 12.1. The van der Waals surface area contributed by atoms with Gasteiger partial charge in [-0.05, 0) is 23.8 Å². The van der Waals surface area contributed by atoms with E-state index in [0.29, 0.717) is 44.1 Å². The number of morpholine rings is 1. The fourth-order valence-electron chi connectivity index (χ4n) is 2.74. The van der Waals surface area contributed by atoms with Gasteiger partial charge < -0.3 is 15.0 Å². The second-order valence-corrected chi connectivity index (χ2v) is 5.73. The van der Waals surface area contributed by atoms with E-state index in [1.54, 1.807) is 29.2 Å². The van der Waals surface area contributed by atoms with Crippen LogP contribution >= 0.6 is 0 Å². The van der Waals surface area contributed by atoms with Crippen molar-refractivity contribution in [3.8, 4) is 0 Å². The van der Waals surface area contributed by atoms with Crippen LogP contribution in [-0.4, -0.2) is 42.0 Å². The van der Waals surface area contributed by atoms with Crippen LogP contribution in [0.25, 0.3) is 0 Å². The van der Waals surface area contributed by atoms with Crippen LogP contribution in [0.15, 0.2) is 48.5 Å². The van der Waals surface area contributed by atoms with Gasteiger partial charge >= 0.3 is 0 Å². The Morgan fingerprint density at radius 2 is 1.92 bits per heavy atom. The third-order valence-corrected chi connectivity index (χ3v) is 4.06. The molecule has 0 saturated carbocycles. The second kappa shape index (κ2) is 7.76. The molecule has 0 unspecified atom stereocenters. The Balaban J connectivity index is 1.70. The third kappa shape index (κ3) is 4.13. The van der Waals surface area contributed by atoms with Gasteiger partial charge in [0.15, 0.2) is 0 Å². The number of nitro benzene ring substituents is 1. The number of para-hydroxylation sites is 2. The van der Waals surface area contributed by atoms with Gasteiger partial charge in [0.2, 0.25) is 0 Å². The van der Waals surface area contributed by atoms with E-state index >= 15 is 0 Å². The molecular formula is C18H19N3O4. The lowest BCUT2D eigenvalue weighted by molar-refractivity contribution is -0.384. The predicted molar refractivity (Wildman–Crippen MR) is 93.6 cm³/mol. The molecule has 0 bridgehead atoms. The first-order valence-electron chi connectivity index (χ1n) is 8.08. The Kier molecular flexibility index (Phi) is 5.25. The van der Waals surface area contributed by atoms with Crippen LogP contribution in [0.3, 0.4) is 0 Å². The molecule has 2 aromatic carbocycles. The molecule has 2 aromatic rings. The van der Waals surface area contributed by atoms with Gasteiger partial charge in [-0.3, -0.25) is 14.9 Å². The van der Waals surface area contributed by atoms with Crippen molar-refractivity contribution in [1.29, 1.82) is 0 Å². The molecule has 0 aromatic heterocycles. The summed E-state index contributed by atoms with van der Waals surface area (Å²) >= 11 is 0. The average molecular weight is 341 g/mol. The number of rotatable bonds is 5. The van der Waals surface area contributed by atoms with Crippen molar-refractivity contribution in [1.82, 2.24) is 4.90 Å². The Labute approximate surface area is 145 Å². The number of nitro groups is 1. The van der Waals surface area contributed by atoms with Crippen LogP contribution in [-0.2, 0) is 11.3 Å². The Morgan fingerprint density at radius 1 is 1.16 bits per heavy atom. The number of anilines is 1. The number of benzene rings is 2. The number of nitrogens with one attached hydrogen (secondary N) is 1. The number of carbonyl (C=O) groups excluding carboxylic acids is 1. The van der Waals surface area contributed by atoms with Crippen LogP contribution in [0, 0.1) is 10.1 Å². The smallest absolute Gasteiger partial charge is 0.292 e. The van der Waals surface area contributed by atoms with Crippen molar-refractivity contribution in [2.24, 2.45) is 0 Å². The average Bonchev–Trinajstić information content (AvgIpc) is 2.67. The monoisotopic (exact) mass is 341 g/mol. The summed E-state index contributed by atoms with van der Waals surface area (Å²) in [5.74, 6) is -0.0177. The van der Waals surface area contributed by atoms with Gasteiger partial charge in [0.25, 0.3) is 11.6 Å². The summed E-state index contributed by atoms with van der Waals surface area (Å²) in [5.41, 5.74) is 1.99. The van der Waals surface area contributed by atoms with Crippen molar-refractivity contribution in [3.63, 3.8) is 0 Å². The highest BCUT2D eigenvalue weighted by Gasteiger charge is 2.18. The van der Waals surface area contributed by atoms with Gasteiger partial charge in [-0.25, -0.2) is 0 Å². The lowest BCUT2D eigenvalue weighted by Gasteiger charge is -2.27. The van der Waals surface area contributed by atoms with E-state index in [1.165, 1.54) is 6.07 Å². The molecule has 1 N–H and O–H groups in total. The van der Waals surface area contributed by atoms with Gasteiger partial charge in [0.05, 0.1) is 18.1 Å². The Hall–Kier alpha value is -2.93. The van der Waals surface area contributed by atoms with E-state index < -0.39 is 4.92 Å². The normalized spacial score (nSPS) is 14.2.